The first-order valence-electron chi connectivity index (χ1n) is 6.95. The maximum atomic E-state index is 12.0. The van der Waals surface area contributed by atoms with Gasteiger partial charge in [-0.15, -0.1) is 0 Å². The average molecular weight is 288 g/mol. The number of amides is 2. The topological polar surface area (TPSA) is 90.0 Å². The lowest BCUT2D eigenvalue weighted by Gasteiger charge is -2.16. The van der Waals surface area contributed by atoms with Crippen LogP contribution in [0, 0.1) is 0 Å². The molecule has 2 amide bonds. The van der Waals surface area contributed by atoms with Gasteiger partial charge in [-0.05, 0) is 31.0 Å². The molecule has 0 aliphatic rings. The van der Waals surface area contributed by atoms with E-state index in [9.17, 15) is 9.90 Å². The Bertz CT molecular complexity index is 581. The molecule has 0 bridgehead atoms. The molecular weight excluding hydrogens is 268 g/mol. The minimum atomic E-state index is -0.568. The van der Waals surface area contributed by atoms with Gasteiger partial charge in [-0.2, -0.15) is 0 Å². The number of nitrogens with one attached hydrogen (secondary N) is 3. The van der Waals surface area contributed by atoms with Crippen LogP contribution in [0.3, 0.4) is 0 Å². The minimum Gasteiger partial charge on any atom is -0.389 e. The average Bonchev–Trinajstić information content (AvgIpc) is 2.99. The van der Waals surface area contributed by atoms with Crippen LogP contribution in [0.1, 0.15) is 43.8 Å². The number of aliphatic hydroxyl groups is 1. The number of H-pyrrole nitrogens is 1. The highest BCUT2D eigenvalue weighted by Gasteiger charge is 2.14. The molecule has 0 saturated heterocycles. The summed E-state index contributed by atoms with van der Waals surface area (Å²) in [5.41, 5.74) is 1.39. The third-order valence-electron chi connectivity index (χ3n) is 3.19. The molecule has 0 radical (unpaired) electrons. The lowest BCUT2D eigenvalue weighted by atomic mass is 10.1. The van der Waals surface area contributed by atoms with Gasteiger partial charge >= 0.3 is 6.03 Å². The number of anilines is 1. The Morgan fingerprint density at radius 2 is 2.29 bits per heavy atom. The van der Waals surface area contributed by atoms with Crippen LogP contribution < -0.4 is 10.6 Å². The van der Waals surface area contributed by atoms with E-state index in [0.29, 0.717) is 5.69 Å². The normalized spacial score (nSPS) is 13.5. The summed E-state index contributed by atoms with van der Waals surface area (Å²) >= 11 is 0. The van der Waals surface area contributed by atoms with Crippen molar-refractivity contribution in [3.05, 3.63) is 48.0 Å². The molecule has 1 aromatic heterocycles. The zero-order valence-electron chi connectivity index (χ0n) is 12.1. The number of aromatic nitrogens is 2. The Morgan fingerprint density at radius 1 is 1.48 bits per heavy atom. The van der Waals surface area contributed by atoms with Gasteiger partial charge in [-0.1, -0.05) is 19.1 Å². The quantitative estimate of drug-likeness (QED) is 0.682. The molecule has 1 aromatic carbocycles. The van der Waals surface area contributed by atoms with Crippen molar-refractivity contribution in [2.75, 3.05) is 5.32 Å². The zero-order chi connectivity index (χ0) is 15.2. The van der Waals surface area contributed by atoms with E-state index in [2.05, 4.69) is 20.6 Å². The third-order valence-corrected chi connectivity index (χ3v) is 3.19. The highest BCUT2D eigenvalue weighted by molar-refractivity contribution is 5.89. The van der Waals surface area contributed by atoms with Crippen LogP contribution in [0.4, 0.5) is 10.5 Å². The number of hydrogen-bond acceptors (Lipinski definition) is 3. The molecule has 0 saturated carbocycles. The number of rotatable bonds is 5. The first-order valence-corrected chi connectivity index (χ1v) is 6.95. The molecule has 2 unspecified atom stereocenters. The zero-order valence-corrected chi connectivity index (χ0v) is 12.1. The summed E-state index contributed by atoms with van der Waals surface area (Å²) in [5, 5.41) is 15.2. The number of aliphatic hydroxyl groups excluding tert-OH is 1. The van der Waals surface area contributed by atoms with Crippen LogP contribution in [0.2, 0.25) is 0 Å². The fourth-order valence-electron chi connectivity index (χ4n) is 2.03. The molecule has 4 N–H and O–H groups in total. The van der Waals surface area contributed by atoms with Gasteiger partial charge in [0, 0.05) is 18.1 Å². The van der Waals surface area contributed by atoms with Crippen molar-refractivity contribution in [1.82, 2.24) is 15.3 Å². The molecule has 112 valence electrons. The first-order chi connectivity index (χ1) is 10.1. The van der Waals surface area contributed by atoms with Gasteiger partial charge in [-0.25, -0.2) is 9.78 Å². The van der Waals surface area contributed by atoms with E-state index >= 15 is 0 Å². The number of carbonyl (C=O) groups excluding carboxylic acids is 1. The van der Waals surface area contributed by atoms with Gasteiger partial charge in [0.05, 0.1) is 12.1 Å². The van der Waals surface area contributed by atoms with Crippen LogP contribution in [0.5, 0.6) is 0 Å². The molecule has 0 spiro atoms. The smallest absolute Gasteiger partial charge is 0.319 e. The maximum absolute atomic E-state index is 12.0. The second kappa shape index (κ2) is 6.90. The summed E-state index contributed by atoms with van der Waals surface area (Å²) in [6.07, 6.45) is 3.54. The van der Waals surface area contributed by atoms with Crippen molar-refractivity contribution in [2.45, 2.75) is 32.4 Å². The molecule has 1 heterocycles. The molecule has 0 aliphatic heterocycles. The number of imidazole rings is 1. The predicted octanol–water partition coefficient (Wildman–Crippen LogP) is 2.74. The van der Waals surface area contributed by atoms with Crippen molar-refractivity contribution in [1.29, 1.82) is 0 Å². The van der Waals surface area contributed by atoms with E-state index in [-0.39, 0.29) is 12.1 Å². The molecule has 21 heavy (non-hydrogen) atoms. The van der Waals surface area contributed by atoms with Gasteiger partial charge < -0.3 is 20.7 Å². The van der Waals surface area contributed by atoms with Gasteiger partial charge in [0.25, 0.3) is 0 Å². The number of nitrogens with zero attached hydrogens (tertiary/aromatic N) is 1. The Labute approximate surface area is 123 Å². The summed E-state index contributed by atoms with van der Waals surface area (Å²) < 4.78 is 0. The van der Waals surface area contributed by atoms with Crippen molar-refractivity contribution in [2.24, 2.45) is 0 Å². The van der Waals surface area contributed by atoms with Crippen LogP contribution in [0.15, 0.2) is 36.7 Å². The Kier molecular flexibility index (Phi) is 4.94. The second-order valence-corrected chi connectivity index (χ2v) is 4.84. The van der Waals surface area contributed by atoms with Gasteiger partial charge in [0.1, 0.15) is 5.82 Å². The molecule has 2 aromatic rings. The molecular formula is C15H20N4O2. The lowest BCUT2D eigenvalue weighted by molar-refractivity contribution is 0.199. The SMILES string of the molecule is CCC(NC(=O)Nc1cccc(C(C)O)c1)c1ncc[nH]1. The number of hydrogen-bond donors (Lipinski definition) is 4. The van der Waals surface area contributed by atoms with Crippen molar-refractivity contribution in [3.8, 4) is 0 Å². The van der Waals surface area contributed by atoms with E-state index in [1.165, 1.54) is 0 Å². The summed E-state index contributed by atoms with van der Waals surface area (Å²) in [6.45, 7) is 3.66. The highest BCUT2D eigenvalue weighted by atomic mass is 16.3. The monoisotopic (exact) mass is 288 g/mol. The number of urea groups is 1. The van der Waals surface area contributed by atoms with Crippen molar-refractivity contribution in [3.63, 3.8) is 0 Å². The van der Waals surface area contributed by atoms with E-state index in [0.717, 1.165) is 17.8 Å². The third kappa shape index (κ3) is 4.06. The van der Waals surface area contributed by atoms with Crippen molar-refractivity contribution < 1.29 is 9.90 Å². The Hall–Kier alpha value is -2.34. The molecule has 0 aliphatic carbocycles. The highest BCUT2D eigenvalue weighted by Crippen LogP contribution is 2.17. The van der Waals surface area contributed by atoms with E-state index in [1.807, 2.05) is 13.0 Å². The standard InChI is InChI=1S/C15H20N4O2/c1-3-13(14-16-7-8-17-14)19-15(21)18-12-6-4-5-11(9-12)10(2)20/h4-10,13,20H,3H2,1-2H3,(H,16,17)(H2,18,19,21). The summed E-state index contributed by atoms with van der Waals surface area (Å²) in [7, 11) is 0. The van der Waals surface area contributed by atoms with Crippen LogP contribution in [0.25, 0.3) is 0 Å². The Morgan fingerprint density at radius 3 is 2.90 bits per heavy atom. The largest absolute Gasteiger partial charge is 0.389 e. The fourth-order valence-corrected chi connectivity index (χ4v) is 2.03. The molecule has 0 fully saturated rings. The second-order valence-electron chi connectivity index (χ2n) is 4.84. The number of aromatic amines is 1. The van der Waals surface area contributed by atoms with E-state index < -0.39 is 6.10 Å². The predicted molar refractivity (Wildman–Crippen MR) is 80.8 cm³/mol. The lowest BCUT2D eigenvalue weighted by Crippen LogP contribution is -2.32. The van der Waals surface area contributed by atoms with Crippen molar-refractivity contribution >= 4 is 11.7 Å². The molecule has 6 nitrogen and oxygen atoms in total. The maximum Gasteiger partial charge on any atom is 0.319 e. The summed E-state index contributed by atoms with van der Waals surface area (Å²) in [5.74, 6) is 0.727. The van der Waals surface area contributed by atoms with Crippen LogP contribution >= 0.6 is 0 Å². The van der Waals surface area contributed by atoms with Gasteiger partial charge in [0.15, 0.2) is 0 Å². The molecule has 2 atom stereocenters. The van der Waals surface area contributed by atoms with Gasteiger partial charge in [0.2, 0.25) is 0 Å². The number of carbonyl (C=O) groups is 1. The van der Waals surface area contributed by atoms with Gasteiger partial charge in [-0.3, -0.25) is 0 Å². The Balaban J connectivity index is 1.99. The molecule has 2 rings (SSSR count). The van der Waals surface area contributed by atoms with E-state index in [4.69, 9.17) is 0 Å². The summed E-state index contributed by atoms with van der Waals surface area (Å²) in [6, 6.07) is 6.66. The first kappa shape index (κ1) is 15.1. The van der Waals surface area contributed by atoms with Crippen LogP contribution in [-0.4, -0.2) is 21.1 Å². The summed E-state index contributed by atoms with van der Waals surface area (Å²) in [4.78, 5) is 19.2. The minimum absolute atomic E-state index is 0.167. The van der Waals surface area contributed by atoms with E-state index in [1.54, 1.807) is 37.5 Å². The molecule has 6 heteroatoms. The number of benzene rings is 1. The van der Waals surface area contributed by atoms with Crippen LogP contribution in [-0.2, 0) is 0 Å². The fraction of sp³-hybridized carbons (Fsp3) is 0.333.